The lowest BCUT2D eigenvalue weighted by molar-refractivity contribution is -0.0764. The van der Waals surface area contributed by atoms with E-state index in [-0.39, 0.29) is 6.04 Å². The first-order valence-corrected chi connectivity index (χ1v) is 8.58. The van der Waals surface area contributed by atoms with Crippen molar-refractivity contribution in [2.75, 3.05) is 0 Å². The van der Waals surface area contributed by atoms with Gasteiger partial charge in [-0.05, 0) is 68.1 Å². The van der Waals surface area contributed by atoms with Crippen molar-refractivity contribution in [3.05, 3.63) is 11.9 Å². The summed E-state index contributed by atoms with van der Waals surface area (Å²) >= 11 is 0. The highest BCUT2D eigenvalue weighted by molar-refractivity contribution is 5.14. The van der Waals surface area contributed by atoms with Gasteiger partial charge in [0, 0.05) is 6.54 Å². The van der Waals surface area contributed by atoms with Gasteiger partial charge in [-0.1, -0.05) is 12.1 Å². The van der Waals surface area contributed by atoms with Crippen LogP contribution in [-0.2, 0) is 6.54 Å². The first-order chi connectivity index (χ1) is 10.2. The van der Waals surface area contributed by atoms with Crippen molar-refractivity contribution < 1.29 is 0 Å². The maximum Gasteiger partial charge on any atom is 0.0775 e. The highest BCUT2D eigenvalue weighted by Crippen LogP contribution is 2.63. The van der Waals surface area contributed by atoms with Gasteiger partial charge >= 0.3 is 0 Å². The van der Waals surface area contributed by atoms with Gasteiger partial charge in [-0.2, -0.15) is 0 Å². The fourth-order valence-electron chi connectivity index (χ4n) is 5.98. The van der Waals surface area contributed by atoms with Crippen LogP contribution in [0.2, 0.25) is 0 Å². The lowest BCUT2D eigenvalue weighted by Crippen LogP contribution is -2.53. The van der Waals surface area contributed by atoms with Crippen LogP contribution in [0.4, 0.5) is 0 Å². The van der Waals surface area contributed by atoms with Crippen LogP contribution in [0.1, 0.15) is 63.6 Å². The van der Waals surface area contributed by atoms with Gasteiger partial charge < -0.3 is 0 Å². The van der Waals surface area contributed by atoms with Crippen molar-refractivity contribution >= 4 is 0 Å². The van der Waals surface area contributed by atoms with E-state index >= 15 is 0 Å². The topological polar surface area (TPSA) is 68.8 Å². The maximum absolute atomic E-state index is 6.03. The van der Waals surface area contributed by atoms with Crippen LogP contribution in [0, 0.1) is 23.2 Å². The zero-order valence-corrected chi connectivity index (χ0v) is 13.0. The molecule has 0 amide bonds. The molecule has 1 aromatic heterocycles. The van der Waals surface area contributed by atoms with Crippen molar-refractivity contribution in [1.29, 1.82) is 0 Å². The van der Waals surface area contributed by atoms with Gasteiger partial charge in [0.05, 0.1) is 17.9 Å². The van der Waals surface area contributed by atoms with E-state index in [1.165, 1.54) is 44.2 Å². The van der Waals surface area contributed by atoms with Gasteiger partial charge in [0.1, 0.15) is 0 Å². The van der Waals surface area contributed by atoms with Crippen LogP contribution < -0.4 is 11.3 Å². The summed E-state index contributed by atoms with van der Waals surface area (Å²) in [4.78, 5) is 0. The Morgan fingerprint density at radius 1 is 1.29 bits per heavy atom. The summed E-state index contributed by atoms with van der Waals surface area (Å²) in [5, 5.41) is 8.43. The van der Waals surface area contributed by atoms with Gasteiger partial charge in [0.25, 0.3) is 0 Å². The number of hydrazine groups is 1. The van der Waals surface area contributed by atoms with Crippen LogP contribution >= 0.6 is 0 Å². The first-order valence-electron chi connectivity index (χ1n) is 8.58. The average Bonchev–Trinajstić information content (AvgIpc) is 2.86. The summed E-state index contributed by atoms with van der Waals surface area (Å²) in [6.45, 7) is 3.11. The smallest absolute Gasteiger partial charge is 0.0775 e. The highest BCUT2D eigenvalue weighted by Gasteiger charge is 2.55. The second-order valence-corrected chi connectivity index (χ2v) is 7.76. The quantitative estimate of drug-likeness (QED) is 0.645. The SMILES string of the molecule is CCCn1nncc1C(NN)C12CC3CC(CC(C3)C1)C2. The standard InChI is InChI=1S/C16H27N5/c1-2-3-21-14(10-18-20-21)15(19-17)16-7-11-4-12(8-16)6-13(5-11)9-16/h10-13,15,19H,2-9,17H2,1H3. The zero-order valence-electron chi connectivity index (χ0n) is 13.0. The Hall–Kier alpha value is -0.940. The molecule has 4 aliphatic rings. The van der Waals surface area contributed by atoms with E-state index in [0.717, 1.165) is 30.7 Å². The Morgan fingerprint density at radius 2 is 1.90 bits per heavy atom. The summed E-state index contributed by atoms with van der Waals surface area (Å²) in [6.07, 6.45) is 11.4. The molecule has 1 heterocycles. The molecule has 5 heteroatoms. The van der Waals surface area contributed by atoms with E-state index in [1.807, 2.05) is 6.20 Å². The molecule has 0 saturated heterocycles. The van der Waals surface area contributed by atoms with E-state index < -0.39 is 0 Å². The second-order valence-electron chi connectivity index (χ2n) is 7.76. The van der Waals surface area contributed by atoms with Gasteiger partial charge in [0.15, 0.2) is 0 Å². The van der Waals surface area contributed by atoms with Crippen LogP contribution in [-0.4, -0.2) is 15.0 Å². The van der Waals surface area contributed by atoms with E-state index in [4.69, 9.17) is 5.84 Å². The predicted octanol–water partition coefficient (Wildman–Crippen LogP) is 2.41. The maximum atomic E-state index is 6.03. The third-order valence-electron chi connectivity index (χ3n) is 6.24. The molecule has 0 radical (unpaired) electrons. The molecule has 1 unspecified atom stereocenters. The fraction of sp³-hybridized carbons (Fsp3) is 0.875. The molecule has 3 N–H and O–H groups in total. The molecule has 5 nitrogen and oxygen atoms in total. The van der Waals surface area contributed by atoms with Gasteiger partial charge in [0.2, 0.25) is 0 Å². The molecule has 0 aliphatic heterocycles. The third-order valence-corrected chi connectivity index (χ3v) is 6.24. The third kappa shape index (κ3) is 2.13. The Labute approximate surface area is 126 Å². The van der Waals surface area contributed by atoms with Crippen LogP contribution in [0.5, 0.6) is 0 Å². The number of aromatic nitrogens is 3. The predicted molar refractivity (Wildman–Crippen MR) is 81.0 cm³/mol. The van der Waals surface area contributed by atoms with Crippen molar-refractivity contribution in [3.8, 4) is 0 Å². The van der Waals surface area contributed by atoms with E-state index in [1.54, 1.807) is 0 Å². The largest absolute Gasteiger partial charge is 0.271 e. The Kier molecular flexibility index (Phi) is 3.30. The van der Waals surface area contributed by atoms with Gasteiger partial charge in [-0.3, -0.25) is 11.3 Å². The minimum atomic E-state index is 0.215. The number of nitrogens with two attached hydrogens (primary N) is 1. The number of nitrogens with zero attached hydrogens (tertiary/aromatic N) is 3. The van der Waals surface area contributed by atoms with E-state index in [0.29, 0.717) is 5.41 Å². The average molecular weight is 289 g/mol. The summed E-state index contributed by atoms with van der Waals surface area (Å²) < 4.78 is 2.06. The molecule has 1 aromatic rings. The normalized spacial score (nSPS) is 38.9. The molecule has 4 bridgehead atoms. The number of hydrogen-bond donors (Lipinski definition) is 2. The van der Waals surface area contributed by atoms with Crippen molar-refractivity contribution in [1.82, 2.24) is 20.4 Å². The minimum Gasteiger partial charge on any atom is -0.271 e. The summed E-state index contributed by atoms with van der Waals surface area (Å²) in [6, 6.07) is 0.215. The minimum absolute atomic E-state index is 0.215. The molecule has 5 rings (SSSR count). The molecule has 1 atom stereocenters. The molecule has 4 saturated carbocycles. The Balaban J connectivity index is 1.67. The monoisotopic (exact) mass is 289 g/mol. The number of rotatable bonds is 5. The van der Waals surface area contributed by atoms with Crippen LogP contribution in [0.25, 0.3) is 0 Å². The number of aryl methyl sites for hydroxylation is 1. The summed E-state index contributed by atoms with van der Waals surface area (Å²) in [7, 11) is 0. The van der Waals surface area contributed by atoms with E-state index in [9.17, 15) is 0 Å². The van der Waals surface area contributed by atoms with Crippen molar-refractivity contribution in [2.45, 2.75) is 64.5 Å². The molecule has 21 heavy (non-hydrogen) atoms. The molecule has 4 fully saturated rings. The summed E-state index contributed by atoms with van der Waals surface area (Å²) in [5.41, 5.74) is 4.70. The van der Waals surface area contributed by atoms with Crippen molar-refractivity contribution in [2.24, 2.45) is 29.0 Å². The molecule has 116 valence electrons. The molecular weight excluding hydrogens is 262 g/mol. The number of nitrogens with one attached hydrogen (secondary N) is 1. The molecule has 4 aliphatic carbocycles. The first kappa shape index (κ1) is 13.7. The lowest BCUT2D eigenvalue weighted by Gasteiger charge is -2.59. The number of hydrogen-bond acceptors (Lipinski definition) is 4. The Bertz CT molecular complexity index is 473. The molecule has 0 aromatic carbocycles. The molecular formula is C16H27N5. The van der Waals surface area contributed by atoms with Crippen LogP contribution in [0.3, 0.4) is 0 Å². The second kappa shape index (κ2) is 5.06. The molecule has 0 spiro atoms. The highest BCUT2D eigenvalue weighted by atomic mass is 15.4. The van der Waals surface area contributed by atoms with E-state index in [2.05, 4.69) is 27.3 Å². The zero-order chi connectivity index (χ0) is 14.4. The van der Waals surface area contributed by atoms with Gasteiger partial charge in [-0.15, -0.1) is 5.10 Å². The Morgan fingerprint density at radius 3 is 2.43 bits per heavy atom. The fourth-order valence-corrected chi connectivity index (χ4v) is 5.98. The van der Waals surface area contributed by atoms with Gasteiger partial charge in [-0.25, -0.2) is 4.68 Å². The van der Waals surface area contributed by atoms with Crippen molar-refractivity contribution in [3.63, 3.8) is 0 Å². The van der Waals surface area contributed by atoms with Crippen LogP contribution in [0.15, 0.2) is 6.20 Å². The summed E-state index contributed by atoms with van der Waals surface area (Å²) in [5.74, 6) is 8.83. The lowest BCUT2D eigenvalue weighted by atomic mass is 9.47.